The molecule has 3 N–H and O–H groups in total. The molecule has 6 nitrogen and oxygen atoms in total. The van der Waals surface area contributed by atoms with Gasteiger partial charge < -0.3 is 29.4 Å². The number of aromatic nitrogens is 2. The van der Waals surface area contributed by atoms with Gasteiger partial charge in [0.2, 0.25) is 0 Å². The second kappa shape index (κ2) is 20.5. The molecule has 0 saturated heterocycles. The number of anilines is 6. The smallest absolute Gasteiger partial charge is 0.537 e. The molecule has 0 spiro atoms. The molecule has 2 aromatic heterocycles. The van der Waals surface area contributed by atoms with E-state index in [-0.39, 0.29) is 0 Å². The molecule has 2 heterocycles. The van der Waals surface area contributed by atoms with Crippen LogP contribution in [0.2, 0.25) is 0 Å². The van der Waals surface area contributed by atoms with Crippen molar-refractivity contribution in [1.29, 1.82) is 0 Å². The molecule has 0 fully saturated rings. The number of nitrogens with one attached hydrogen (secondary N) is 2. The molecule has 0 aliphatic carbocycles. The van der Waals surface area contributed by atoms with Crippen LogP contribution in [0.4, 0.5) is 34.1 Å². The van der Waals surface area contributed by atoms with E-state index in [1.165, 1.54) is 54.7 Å². The Morgan fingerprint density at radius 2 is 0.721 bits per heavy atom. The van der Waals surface area contributed by atoms with E-state index in [9.17, 15) is 0 Å². The topological polar surface area (TPSA) is 67.5 Å². The molecule has 68 heavy (non-hydrogen) atoms. The van der Waals surface area contributed by atoms with Gasteiger partial charge in [0.05, 0.1) is 11.0 Å². The molecule has 0 aliphatic rings. The van der Waals surface area contributed by atoms with Crippen LogP contribution in [-0.2, 0) is 0 Å². The summed E-state index contributed by atoms with van der Waals surface area (Å²) in [7, 11) is 0.682. The summed E-state index contributed by atoms with van der Waals surface area (Å²) in [6, 6.07) is 87.4. The fourth-order valence-electron chi connectivity index (χ4n) is 8.68. The molecule has 8 heteroatoms. The molecule has 0 saturated carbocycles. The number of nitrogens with zero attached hydrogens (tertiary/aromatic N) is 2. The van der Waals surface area contributed by atoms with Gasteiger partial charge in [-0.3, -0.25) is 0 Å². The Morgan fingerprint density at radius 3 is 1.19 bits per heavy atom. The van der Waals surface area contributed by atoms with Crippen molar-refractivity contribution in [2.75, 3.05) is 9.80 Å². The normalized spacial score (nSPS) is 10.8. The number of H-pyrrole nitrogens is 2. The van der Waals surface area contributed by atoms with Gasteiger partial charge in [0.25, 0.3) is 0 Å². The van der Waals surface area contributed by atoms with Crippen LogP contribution >= 0.6 is 15.9 Å². The van der Waals surface area contributed by atoms with Crippen LogP contribution in [0.25, 0.3) is 54.7 Å². The van der Waals surface area contributed by atoms with Crippen LogP contribution in [0, 0.1) is 0 Å². The number of rotatable bonds is 9. The predicted molar refractivity (Wildman–Crippen MR) is 289 cm³/mol. The first kappa shape index (κ1) is 43.6. The van der Waals surface area contributed by atoms with Gasteiger partial charge >= 0.3 is 7.69 Å². The highest BCUT2D eigenvalue weighted by Crippen LogP contribution is 2.38. The van der Waals surface area contributed by atoms with Crippen molar-refractivity contribution in [1.82, 2.24) is 9.97 Å². The van der Waals surface area contributed by atoms with Crippen molar-refractivity contribution in [2.24, 2.45) is 0 Å². The van der Waals surface area contributed by atoms with Gasteiger partial charge in [-0.15, -0.1) is 0 Å². The summed E-state index contributed by atoms with van der Waals surface area (Å²) in [5.41, 5.74) is 13.7. The first-order chi connectivity index (χ1) is 33.6. The average Bonchev–Trinajstić information content (AvgIpc) is 3.99. The Balaban J connectivity index is 0.000000129. The molecular weight excluding hydrogens is 899 g/mol. The summed E-state index contributed by atoms with van der Waals surface area (Å²) in [6.07, 6.45) is 0. The lowest BCUT2D eigenvalue weighted by molar-refractivity contribution is 0.454. The molecule has 327 valence electrons. The monoisotopic (exact) mass is 943 g/mol. The summed E-state index contributed by atoms with van der Waals surface area (Å²) in [5, 5.41) is 13.8. The molecule has 10 aromatic carbocycles. The molecule has 0 aliphatic heterocycles. The van der Waals surface area contributed by atoms with Crippen molar-refractivity contribution in [3.05, 3.63) is 259 Å². The largest absolute Gasteiger partial charge is 0.569 e. The third kappa shape index (κ3) is 9.37. The fraction of sp³-hybridized carbons (Fsp3) is 0. The van der Waals surface area contributed by atoms with E-state index >= 15 is 0 Å². The molecule has 1 radical (unpaired) electrons. The zero-order valence-electron chi connectivity index (χ0n) is 37.0. The van der Waals surface area contributed by atoms with Crippen LogP contribution in [0.1, 0.15) is 0 Å². The lowest BCUT2D eigenvalue weighted by Crippen LogP contribution is -2.09. The standard InChI is InChI=1S/C30H22N2.C18H15BNO2.C12H8BrN/c1-3-10-23(11-4-1)32(24-12-5-2-6-13-24)25-20-18-22(19-21-25)26-15-9-16-28-27-14-7-8-17-29(27)31-30(26)28;21-19-22-18-13-11-17(12-14-18)20(15-7-3-1-4-8-15)16-9-5-2-6-10-16;13-10-6-3-5-9-8-4-1-2-7-11(8)14-12(9)10/h1-21,31H;1-14,21H;1-7,14H. The van der Waals surface area contributed by atoms with Crippen molar-refractivity contribution in [2.45, 2.75) is 0 Å². The van der Waals surface area contributed by atoms with E-state index < -0.39 is 0 Å². The molecule has 0 unspecified atom stereocenters. The molecule has 0 amide bonds. The zero-order valence-corrected chi connectivity index (χ0v) is 38.5. The van der Waals surface area contributed by atoms with E-state index in [1.54, 1.807) is 0 Å². The maximum absolute atomic E-state index is 8.70. The zero-order chi connectivity index (χ0) is 46.1. The number of hydrogen-bond acceptors (Lipinski definition) is 4. The van der Waals surface area contributed by atoms with Crippen molar-refractivity contribution in [3.8, 4) is 16.9 Å². The number of fused-ring (bicyclic) bond motifs is 6. The summed E-state index contributed by atoms with van der Waals surface area (Å²) in [6.45, 7) is 0. The lowest BCUT2D eigenvalue weighted by Gasteiger charge is -2.25. The molecular formula is C60H45BBrN4O2. The SMILES string of the molecule is Brc1cccc2c1[nH]c1ccccc12.O[B]Oc1ccc(N(c2ccccc2)c2ccccc2)cc1.c1ccc(N(c2ccccc2)c2ccc(-c3cccc4c3[nH]c3ccccc34)cc2)cc1. The van der Waals surface area contributed by atoms with Crippen LogP contribution in [-0.4, -0.2) is 22.7 Å². The van der Waals surface area contributed by atoms with Gasteiger partial charge in [-0.25, -0.2) is 0 Å². The average molecular weight is 945 g/mol. The van der Waals surface area contributed by atoms with Crippen molar-refractivity contribution >= 4 is 101 Å². The van der Waals surface area contributed by atoms with E-state index in [0.29, 0.717) is 13.4 Å². The molecule has 0 atom stereocenters. The third-order valence-corrected chi connectivity index (χ3v) is 12.5. The summed E-state index contributed by atoms with van der Waals surface area (Å²) in [4.78, 5) is 11.5. The number of aromatic amines is 2. The Kier molecular flexibility index (Phi) is 13.1. The van der Waals surface area contributed by atoms with E-state index in [2.05, 4.69) is 224 Å². The summed E-state index contributed by atoms with van der Waals surface area (Å²) >= 11 is 3.54. The second-order valence-corrected chi connectivity index (χ2v) is 16.9. The quantitative estimate of drug-likeness (QED) is 0.126. The van der Waals surface area contributed by atoms with E-state index in [0.717, 1.165) is 38.6 Å². The lowest BCUT2D eigenvalue weighted by atomic mass is 10.0. The number of benzene rings is 10. The first-order valence-electron chi connectivity index (χ1n) is 22.4. The van der Waals surface area contributed by atoms with Gasteiger partial charge in [0.1, 0.15) is 5.75 Å². The number of para-hydroxylation sites is 8. The Hall–Kier alpha value is -8.30. The van der Waals surface area contributed by atoms with Gasteiger partial charge in [-0.1, -0.05) is 152 Å². The van der Waals surface area contributed by atoms with Crippen LogP contribution in [0.5, 0.6) is 5.75 Å². The minimum atomic E-state index is 0.590. The Labute approximate surface area is 404 Å². The van der Waals surface area contributed by atoms with Gasteiger partial charge in [-0.2, -0.15) is 0 Å². The highest BCUT2D eigenvalue weighted by molar-refractivity contribution is 9.10. The van der Waals surface area contributed by atoms with E-state index in [1.807, 2.05) is 66.7 Å². The van der Waals surface area contributed by atoms with Gasteiger partial charge in [-0.05, 0) is 125 Å². The van der Waals surface area contributed by atoms with Crippen molar-refractivity contribution in [3.63, 3.8) is 0 Å². The fourth-order valence-corrected chi connectivity index (χ4v) is 9.14. The van der Waals surface area contributed by atoms with Gasteiger partial charge in [0, 0.05) is 76.7 Å². The Bertz CT molecular complexity index is 3450. The van der Waals surface area contributed by atoms with Gasteiger partial charge in [0.15, 0.2) is 0 Å². The Morgan fingerprint density at radius 1 is 0.353 bits per heavy atom. The van der Waals surface area contributed by atoms with Crippen molar-refractivity contribution < 1.29 is 9.68 Å². The number of halogens is 1. The predicted octanol–water partition coefficient (Wildman–Crippen LogP) is 16.6. The minimum absolute atomic E-state index is 0.590. The maximum Gasteiger partial charge on any atom is 0.569 e. The highest BCUT2D eigenvalue weighted by Gasteiger charge is 2.15. The molecule has 12 aromatic rings. The van der Waals surface area contributed by atoms with Crippen LogP contribution < -0.4 is 14.5 Å². The molecule has 0 bridgehead atoms. The van der Waals surface area contributed by atoms with Crippen LogP contribution in [0.3, 0.4) is 0 Å². The first-order valence-corrected chi connectivity index (χ1v) is 23.2. The maximum atomic E-state index is 8.70. The number of hydrogen-bond donors (Lipinski definition) is 3. The summed E-state index contributed by atoms with van der Waals surface area (Å²) in [5.74, 6) is 0.590. The summed E-state index contributed by atoms with van der Waals surface area (Å²) < 4.78 is 6.08. The third-order valence-electron chi connectivity index (χ3n) is 11.8. The minimum Gasteiger partial charge on any atom is -0.537 e. The van der Waals surface area contributed by atoms with E-state index in [4.69, 9.17) is 9.68 Å². The highest BCUT2D eigenvalue weighted by atomic mass is 79.9. The molecule has 12 rings (SSSR count). The van der Waals surface area contributed by atoms with Crippen LogP contribution in [0.15, 0.2) is 259 Å². The second-order valence-electron chi connectivity index (χ2n) is 16.0.